The van der Waals surface area contributed by atoms with E-state index in [0.717, 1.165) is 6.20 Å². The molecule has 0 aliphatic heterocycles. The van der Waals surface area contributed by atoms with E-state index in [1.807, 2.05) is 0 Å². The highest BCUT2D eigenvalue weighted by Crippen LogP contribution is 2.35. The van der Waals surface area contributed by atoms with Gasteiger partial charge in [0.15, 0.2) is 5.69 Å². The topological polar surface area (TPSA) is 102 Å². The van der Waals surface area contributed by atoms with E-state index < -0.39 is 17.8 Å². The number of hydrogen-bond donors (Lipinski definition) is 2. The molecule has 3 heterocycles. The molecule has 3 aromatic rings. The summed E-state index contributed by atoms with van der Waals surface area (Å²) in [5.74, 6) is -0.334. The van der Waals surface area contributed by atoms with Gasteiger partial charge in [-0.3, -0.25) is 4.98 Å². The van der Waals surface area contributed by atoms with Gasteiger partial charge in [0.1, 0.15) is 0 Å². The van der Waals surface area contributed by atoms with Crippen LogP contribution in [-0.4, -0.2) is 24.9 Å². The summed E-state index contributed by atoms with van der Waals surface area (Å²) in [5.41, 5.74) is 4.50. The number of aromatic nitrogens is 5. The maximum atomic E-state index is 13.1. The molecule has 0 amide bonds. The first kappa shape index (κ1) is 15.6. The minimum Gasteiger partial charge on any atom is -0.368 e. The maximum absolute atomic E-state index is 13.1. The van der Waals surface area contributed by atoms with Crippen molar-refractivity contribution in [3.63, 3.8) is 0 Å². The van der Waals surface area contributed by atoms with Crippen LogP contribution in [0.2, 0.25) is 0 Å². The Morgan fingerprint density at radius 2 is 1.71 bits per heavy atom. The predicted octanol–water partition coefficient (Wildman–Crippen LogP) is 2.67. The minimum atomic E-state index is -4.68. The molecular weight excluding hydrogens is 323 g/mol. The number of nitrogen functional groups attached to an aromatic ring is 1. The summed E-state index contributed by atoms with van der Waals surface area (Å²) >= 11 is 0. The Bertz CT molecular complexity index is 852. The fourth-order valence-corrected chi connectivity index (χ4v) is 1.93. The first-order chi connectivity index (χ1) is 11.4. The van der Waals surface area contributed by atoms with Crippen LogP contribution in [-0.2, 0) is 6.18 Å². The summed E-state index contributed by atoms with van der Waals surface area (Å²) in [5, 5.41) is 2.87. The van der Waals surface area contributed by atoms with Gasteiger partial charge in [-0.1, -0.05) is 0 Å². The molecule has 0 aliphatic carbocycles. The van der Waals surface area contributed by atoms with Crippen LogP contribution in [0.3, 0.4) is 0 Å². The largest absolute Gasteiger partial charge is 0.434 e. The van der Waals surface area contributed by atoms with Gasteiger partial charge in [-0.2, -0.15) is 13.2 Å². The Morgan fingerprint density at radius 3 is 2.42 bits per heavy atom. The van der Waals surface area contributed by atoms with E-state index in [0.29, 0.717) is 5.69 Å². The van der Waals surface area contributed by atoms with Gasteiger partial charge < -0.3 is 11.1 Å². The summed E-state index contributed by atoms with van der Waals surface area (Å²) in [4.78, 5) is 18.8. The van der Waals surface area contributed by atoms with E-state index >= 15 is 0 Å². The van der Waals surface area contributed by atoms with Gasteiger partial charge in [0, 0.05) is 36.0 Å². The lowest BCUT2D eigenvalue weighted by Crippen LogP contribution is -2.13. The molecule has 122 valence electrons. The third-order valence-electron chi connectivity index (χ3n) is 2.94. The fourth-order valence-electron chi connectivity index (χ4n) is 1.93. The lowest BCUT2D eigenvalue weighted by molar-refractivity contribution is -0.140. The van der Waals surface area contributed by atoms with Crippen molar-refractivity contribution in [1.29, 1.82) is 0 Å². The second kappa shape index (κ2) is 6.07. The monoisotopic (exact) mass is 333 g/mol. The zero-order valence-electron chi connectivity index (χ0n) is 12.0. The van der Waals surface area contributed by atoms with E-state index in [9.17, 15) is 13.2 Å². The smallest absolute Gasteiger partial charge is 0.368 e. The average molecular weight is 333 g/mol. The summed E-state index contributed by atoms with van der Waals surface area (Å²) in [6.45, 7) is 0. The van der Waals surface area contributed by atoms with Crippen LogP contribution < -0.4 is 11.1 Å². The molecule has 0 atom stereocenters. The Balaban J connectivity index is 2.01. The first-order valence-corrected chi connectivity index (χ1v) is 6.63. The van der Waals surface area contributed by atoms with Crippen LogP contribution in [0.25, 0.3) is 11.3 Å². The third-order valence-corrected chi connectivity index (χ3v) is 2.94. The van der Waals surface area contributed by atoms with Gasteiger partial charge in [-0.15, -0.1) is 0 Å². The van der Waals surface area contributed by atoms with Crippen molar-refractivity contribution in [3.8, 4) is 11.3 Å². The molecule has 3 aromatic heterocycles. The molecule has 0 saturated carbocycles. The van der Waals surface area contributed by atoms with Crippen molar-refractivity contribution < 1.29 is 13.2 Å². The molecule has 0 saturated heterocycles. The molecule has 0 radical (unpaired) electrons. The van der Waals surface area contributed by atoms with E-state index in [1.165, 1.54) is 12.3 Å². The van der Waals surface area contributed by atoms with Crippen LogP contribution in [0.15, 0.2) is 43.0 Å². The number of halogens is 3. The molecule has 0 aromatic carbocycles. The van der Waals surface area contributed by atoms with Crippen molar-refractivity contribution in [2.45, 2.75) is 6.18 Å². The molecule has 0 unspecified atom stereocenters. The second-order valence-electron chi connectivity index (χ2n) is 4.61. The zero-order chi connectivity index (χ0) is 17.2. The molecule has 3 rings (SSSR count). The average Bonchev–Trinajstić information content (AvgIpc) is 2.55. The summed E-state index contributed by atoms with van der Waals surface area (Å²) in [6.07, 6.45) is 0.756. The van der Waals surface area contributed by atoms with Crippen LogP contribution in [0.4, 0.5) is 30.8 Å². The molecule has 10 heteroatoms. The van der Waals surface area contributed by atoms with Crippen LogP contribution >= 0.6 is 0 Å². The van der Waals surface area contributed by atoms with Crippen molar-refractivity contribution in [3.05, 3.63) is 48.7 Å². The minimum absolute atomic E-state index is 0.0221. The number of alkyl halides is 3. The van der Waals surface area contributed by atoms with Gasteiger partial charge >= 0.3 is 6.18 Å². The van der Waals surface area contributed by atoms with E-state index in [2.05, 4.69) is 30.2 Å². The maximum Gasteiger partial charge on any atom is 0.434 e. The molecule has 3 N–H and O–H groups in total. The lowest BCUT2D eigenvalue weighted by atomic mass is 10.1. The number of pyridine rings is 1. The van der Waals surface area contributed by atoms with E-state index in [1.54, 1.807) is 24.5 Å². The molecule has 0 spiro atoms. The first-order valence-electron chi connectivity index (χ1n) is 6.63. The van der Waals surface area contributed by atoms with E-state index in [4.69, 9.17) is 5.73 Å². The molecular formula is C14H10F3N7. The molecule has 7 nitrogen and oxygen atoms in total. The van der Waals surface area contributed by atoms with Crippen LogP contribution in [0.5, 0.6) is 0 Å². The highest BCUT2D eigenvalue weighted by atomic mass is 19.4. The highest BCUT2D eigenvalue weighted by molar-refractivity contribution is 5.64. The molecule has 0 aliphatic rings. The summed E-state index contributed by atoms with van der Waals surface area (Å²) in [6, 6.07) is 4.68. The van der Waals surface area contributed by atoms with Gasteiger partial charge in [-0.05, 0) is 18.2 Å². The quantitative estimate of drug-likeness (QED) is 0.759. The highest BCUT2D eigenvalue weighted by Gasteiger charge is 2.36. The Kier molecular flexibility index (Phi) is 3.94. The van der Waals surface area contributed by atoms with Gasteiger partial charge in [-0.25, -0.2) is 19.9 Å². The zero-order valence-corrected chi connectivity index (χ0v) is 12.0. The summed E-state index contributed by atoms with van der Waals surface area (Å²) < 4.78 is 39.4. The number of anilines is 3. The number of rotatable bonds is 3. The Morgan fingerprint density at radius 1 is 0.958 bits per heavy atom. The van der Waals surface area contributed by atoms with Crippen molar-refractivity contribution in [2.75, 3.05) is 11.1 Å². The second-order valence-corrected chi connectivity index (χ2v) is 4.61. The van der Waals surface area contributed by atoms with Crippen LogP contribution in [0.1, 0.15) is 5.69 Å². The third kappa shape index (κ3) is 3.37. The van der Waals surface area contributed by atoms with Gasteiger partial charge in [0.2, 0.25) is 11.9 Å². The van der Waals surface area contributed by atoms with Crippen molar-refractivity contribution in [1.82, 2.24) is 24.9 Å². The normalized spacial score (nSPS) is 11.3. The van der Waals surface area contributed by atoms with Crippen molar-refractivity contribution >= 4 is 17.6 Å². The lowest BCUT2D eigenvalue weighted by Gasteiger charge is -2.12. The fraction of sp³-hybridized carbons (Fsp3) is 0.0714. The molecule has 24 heavy (non-hydrogen) atoms. The van der Waals surface area contributed by atoms with Gasteiger partial charge in [0.25, 0.3) is 0 Å². The van der Waals surface area contributed by atoms with Crippen molar-refractivity contribution in [2.24, 2.45) is 0 Å². The number of nitrogens with zero attached hydrogens (tertiary/aromatic N) is 5. The predicted molar refractivity (Wildman–Crippen MR) is 80.0 cm³/mol. The number of hydrogen-bond acceptors (Lipinski definition) is 7. The Hall–Kier alpha value is -3.30. The molecule has 0 fully saturated rings. The van der Waals surface area contributed by atoms with Crippen LogP contribution in [0, 0.1) is 0 Å². The SMILES string of the molecule is Nc1ncc(-c2ccnc(Nc3ccncc3)n2)c(C(F)(F)F)n1. The standard InChI is InChI=1S/C14H10F3N7/c15-14(16,17)11-9(7-21-12(18)24-11)10-3-6-20-13(23-10)22-8-1-4-19-5-2-8/h1-7H,(H2,18,21,24)(H,19,20,22,23). The van der Waals surface area contributed by atoms with Gasteiger partial charge in [0.05, 0.1) is 5.69 Å². The Labute approximate surface area is 133 Å². The number of nitrogens with one attached hydrogen (secondary N) is 1. The number of nitrogens with two attached hydrogens (primary N) is 1. The van der Waals surface area contributed by atoms with E-state index in [-0.39, 0.29) is 17.2 Å². The molecule has 0 bridgehead atoms. The summed E-state index contributed by atoms with van der Waals surface area (Å²) in [7, 11) is 0.